The number of hydrogen-bond acceptors (Lipinski definition) is 3. The summed E-state index contributed by atoms with van der Waals surface area (Å²) in [7, 11) is 0. The monoisotopic (exact) mass is 454 g/mol. The van der Waals surface area contributed by atoms with Gasteiger partial charge in [0.1, 0.15) is 0 Å². The van der Waals surface area contributed by atoms with Crippen LogP contribution in [0.1, 0.15) is 113 Å². The predicted molar refractivity (Wildman–Crippen MR) is 130 cm³/mol. The number of carbonyl (C=O) groups excluding carboxylic acids is 1. The Labute approximate surface area is 201 Å². The smallest absolute Gasteiger partial charge is 0.338 e. The lowest BCUT2D eigenvalue weighted by Gasteiger charge is -2.70. The molecule has 0 N–H and O–H groups in total. The van der Waals surface area contributed by atoms with Gasteiger partial charge in [-0.15, -0.1) is 0 Å². The molecular weight excluding hydrogens is 408 g/mol. The summed E-state index contributed by atoms with van der Waals surface area (Å²) in [4.78, 5) is 13.1. The van der Waals surface area contributed by atoms with Crippen LogP contribution in [0.5, 0.6) is 0 Å². The van der Waals surface area contributed by atoms with Crippen LogP contribution in [0.25, 0.3) is 0 Å². The zero-order valence-electron chi connectivity index (χ0n) is 22.4. The predicted octanol–water partition coefficient (Wildman–Crippen LogP) is 7.44. The molecule has 0 aromatic heterocycles. The van der Waals surface area contributed by atoms with Gasteiger partial charge in [-0.25, -0.2) is 4.79 Å². The fourth-order valence-corrected chi connectivity index (χ4v) is 10.6. The largest absolute Gasteiger partial charge is 0.433 e. The molecule has 0 aromatic carbocycles. The van der Waals surface area contributed by atoms with Crippen molar-refractivity contribution in [1.82, 2.24) is 0 Å². The van der Waals surface area contributed by atoms with E-state index >= 15 is 0 Å². The summed E-state index contributed by atoms with van der Waals surface area (Å²) in [6.07, 6.45) is 10.7. The third kappa shape index (κ3) is 2.54. The highest BCUT2D eigenvalue weighted by Crippen LogP contribution is 2.76. The number of esters is 1. The maximum Gasteiger partial charge on any atom is 0.338 e. The van der Waals surface area contributed by atoms with E-state index < -0.39 is 0 Å². The van der Waals surface area contributed by atoms with Crippen molar-refractivity contribution in [1.29, 1.82) is 0 Å². The number of allylic oxidation sites excluding steroid dienone is 2. The maximum atomic E-state index is 13.1. The fraction of sp³-hybridized carbons (Fsp3) is 0.900. The zero-order valence-corrected chi connectivity index (χ0v) is 22.4. The Balaban J connectivity index is 1.48. The summed E-state index contributed by atoms with van der Waals surface area (Å²) in [5, 5.41) is 0. The molecule has 2 saturated heterocycles. The second-order valence-electron chi connectivity index (χ2n) is 15.3. The van der Waals surface area contributed by atoms with Crippen molar-refractivity contribution in [3.8, 4) is 0 Å². The Morgan fingerprint density at radius 1 is 0.788 bits per heavy atom. The zero-order chi connectivity index (χ0) is 23.8. The van der Waals surface area contributed by atoms with Crippen molar-refractivity contribution in [2.75, 3.05) is 0 Å². The molecule has 3 saturated carbocycles. The Bertz CT molecular complexity index is 944. The molecule has 4 aliphatic carbocycles. The van der Waals surface area contributed by atoms with E-state index in [9.17, 15) is 4.79 Å². The van der Waals surface area contributed by atoms with Crippen LogP contribution in [0.2, 0.25) is 0 Å². The number of fused-ring (bicyclic) bond motifs is 9. The molecule has 6 aliphatic rings. The molecule has 0 radical (unpaired) electrons. The lowest BCUT2D eigenvalue weighted by atomic mass is 9.35. The molecule has 0 aromatic rings. The van der Waals surface area contributed by atoms with Gasteiger partial charge in [0.25, 0.3) is 0 Å². The minimum atomic E-state index is -0.384. The molecule has 5 fully saturated rings. The summed E-state index contributed by atoms with van der Waals surface area (Å²) in [6, 6.07) is 0. The summed E-state index contributed by atoms with van der Waals surface area (Å²) in [5.41, 5.74) is 4.65. The van der Waals surface area contributed by atoms with E-state index in [0.717, 1.165) is 0 Å². The second kappa shape index (κ2) is 6.29. The molecule has 6 rings (SSSR count). The van der Waals surface area contributed by atoms with Crippen LogP contribution in [-0.2, 0) is 14.3 Å². The summed E-state index contributed by atoms with van der Waals surface area (Å²) in [5.74, 6) is 0.871. The Morgan fingerprint density at radius 3 is 2.21 bits per heavy atom. The first kappa shape index (κ1) is 22.6. The third-order valence-corrected chi connectivity index (χ3v) is 12.9. The first-order valence-electron chi connectivity index (χ1n) is 13.8. The Morgan fingerprint density at radius 2 is 1.48 bits per heavy atom. The lowest BCUT2D eigenvalue weighted by Crippen LogP contribution is -2.67. The Hall–Kier alpha value is -0.830. The van der Waals surface area contributed by atoms with E-state index in [1.807, 2.05) is 11.1 Å². The maximum absolute atomic E-state index is 13.1. The van der Waals surface area contributed by atoms with E-state index in [1.54, 1.807) is 0 Å². The van der Waals surface area contributed by atoms with E-state index in [4.69, 9.17) is 9.47 Å². The normalized spacial score (nSPS) is 54.0. The van der Waals surface area contributed by atoms with Crippen molar-refractivity contribution in [2.45, 2.75) is 126 Å². The average molecular weight is 455 g/mol. The molecule has 3 nitrogen and oxygen atoms in total. The minimum absolute atomic E-state index is 0.0955. The standard InChI is InChI=1S/C30H46O3/c1-25(2)13-14-27(5)15-16-28(6)18(19(27)17-25)9-10-21-29(28,7)12-11-20-26(3,4)24-32-22(23(31)33-24)30(20,21)8/h20-22,24H,9-17H2,1-8H3. The van der Waals surface area contributed by atoms with Gasteiger partial charge in [-0.3, -0.25) is 0 Å². The van der Waals surface area contributed by atoms with E-state index in [-0.39, 0.29) is 40.0 Å². The van der Waals surface area contributed by atoms with Gasteiger partial charge >= 0.3 is 5.97 Å². The minimum Gasteiger partial charge on any atom is -0.433 e. The molecule has 184 valence electrons. The van der Waals surface area contributed by atoms with Crippen molar-refractivity contribution in [2.24, 2.45) is 44.3 Å². The highest BCUT2D eigenvalue weighted by Gasteiger charge is 2.73. The highest BCUT2D eigenvalue weighted by molar-refractivity contribution is 5.78. The quantitative estimate of drug-likeness (QED) is 0.282. The fourth-order valence-electron chi connectivity index (χ4n) is 10.6. The Kier molecular flexibility index (Phi) is 4.31. The lowest BCUT2D eigenvalue weighted by molar-refractivity contribution is -0.279. The summed E-state index contributed by atoms with van der Waals surface area (Å²) in [6.45, 7) is 19.7. The van der Waals surface area contributed by atoms with Gasteiger partial charge < -0.3 is 9.47 Å². The van der Waals surface area contributed by atoms with Gasteiger partial charge in [0, 0.05) is 10.8 Å². The molecular formula is C30H46O3. The van der Waals surface area contributed by atoms with Gasteiger partial charge in [0.15, 0.2) is 6.10 Å². The van der Waals surface area contributed by atoms with Crippen LogP contribution >= 0.6 is 0 Å². The number of hydrogen-bond donors (Lipinski definition) is 0. The molecule has 8 unspecified atom stereocenters. The number of rotatable bonds is 0. The third-order valence-electron chi connectivity index (χ3n) is 12.9. The summed E-state index contributed by atoms with van der Waals surface area (Å²) >= 11 is 0. The van der Waals surface area contributed by atoms with Crippen molar-refractivity contribution < 1.29 is 14.3 Å². The SMILES string of the molecule is CC1(C)CCC2(C)CCC3(C)C(=C2C1)CCC1C2(C)C4OC(OC4=O)C(C)(C)C2CCC13C. The average Bonchev–Trinajstić information content (AvgIpc) is 3.10. The number of carbonyl (C=O) groups is 1. The van der Waals surface area contributed by atoms with Crippen LogP contribution in [-0.4, -0.2) is 18.4 Å². The van der Waals surface area contributed by atoms with E-state index in [1.165, 1.54) is 57.8 Å². The molecule has 0 amide bonds. The molecule has 3 heteroatoms. The van der Waals surface area contributed by atoms with Crippen molar-refractivity contribution in [3.63, 3.8) is 0 Å². The van der Waals surface area contributed by atoms with Gasteiger partial charge in [0.05, 0.1) is 0 Å². The van der Waals surface area contributed by atoms with Crippen LogP contribution in [0, 0.1) is 44.3 Å². The second-order valence-corrected chi connectivity index (χ2v) is 15.3. The first-order chi connectivity index (χ1) is 15.2. The van der Waals surface area contributed by atoms with Gasteiger partial charge in [-0.2, -0.15) is 0 Å². The van der Waals surface area contributed by atoms with Crippen LogP contribution in [0.15, 0.2) is 11.1 Å². The summed E-state index contributed by atoms with van der Waals surface area (Å²) < 4.78 is 12.2. The first-order valence-corrected chi connectivity index (χ1v) is 13.8. The molecule has 2 aliphatic heterocycles. The highest BCUT2D eigenvalue weighted by atomic mass is 16.8. The molecule has 2 heterocycles. The molecule has 33 heavy (non-hydrogen) atoms. The van der Waals surface area contributed by atoms with Gasteiger partial charge in [-0.05, 0) is 91.3 Å². The topological polar surface area (TPSA) is 35.5 Å². The van der Waals surface area contributed by atoms with Crippen LogP contribution in [0.3, 0.4) is 0 Å². The van der Waals surface area contributed by atoms with Crippen molar-refractivity contribution in [3.05, 3.63) is 11.1 Å². The van der Waals surface area contributed by atoms with E-state index in [0.29, 0.717) is 22.7 Å². The molecule has 2 bridgehead atoms. The van der Waals surface area contributed by atoms with Crippen LogP contribution in [0.4, 0.5) is 0 Å². The van der Waals surface area contributed by atoms with Crippen LogP contribution < -0.4 is 0 Å². The molecule has 8 atom stereocenters. The van der Waals surface area contributed by atoms with Gasteiger partial charge in [0.2, 0.25) is 6.29 Å². The van der Waals surface area contributed by atoms with Gasteiger partial charge in [-0.1, -0.05) is 66.5 Å². The van der Waals surface area contributed by atoms with E-state index in [2.05, 4.69) is 55.4 Å². The van der Waals surface area contributed by atoms with Crippen molar-refractivity contribution >= 4 is 5.97 Å². The number of ether oxygens (including phenoxy) is 2. The molecule has 0 spiro atoms.